The summed E-state index contributed by atoms with van der Waals surface area (Å²) < 4.78 is 0. The summed E-state index contributed by atoms with van der Waals surface area (Å²) in [6.45, 7) is 0. The lowest BCUT2D eigenvalue weighted by Crippen LogP contribution is -1.97. The molecule has 1 fully saturated rings. The number of carbonyl (C=O) groups is 1. The fourth-order valence-corrected chi connectivity index (χ4v) is 1.24. The minimum absolute atomic E-state index is 0.328. The van der Waals surface area contributed by atoms with E-state index in [1.165, 1.54) is 12.8 Å². The molecule has 1 aromatic rings. The van der Waals surface area contributed by atoms with E-state index in [1.54, 1.807) is 6.20 Å². The first-order valence-electron chi connectivity index (χ1n) is 4.02. The van der Waals surface area contributed by atoms with E-state index >= 15 is 0 Å². The third-order valence-corrected chi connectivity index (χ3v) is 2.15. The lowest BCUT2D eigenvalue weighted by Gasteiger charge is -2.00. The van der Waals surface area contributed by atoms with Gasteiger partial charge in [0, 0.05) is 6.20 Å². The normalized spacial score (nSPS) is 16.0. The van der Waals surface area contributed by atoms with Crippen LogP contribution in [0.15, 0.2) is 12.3 Å². The molecule has 1 aliphatic carbocycles. The summed E-state index contributed by atoms with van der Waals surface area (Å²) in [4.78, 5) is 14.5. The molecule has 1 saturated carbocycles. The number of hydrogen-bond donors (Lipinski definition) is 1. The summed E-state index contributed by atoms with van der Waals surface area (Å²) in [5, 5.41) is 0. The third-order valence-electron chi connectivity index (χ3n) is 2.15. The van der Waals surface area contributed by atoms with Gasteiger partial charge >= 0.3 is 0 Å². The Morgan fingerprint density at radius 1 is 1.58 bits per heavy atom. The van der Waals surface area contributed by atoms with Crippen LogP contribution >= 0.6 is 0 Å². The van der Waals surface area contributed by atoms with Crippen molar-refractivity contribution in [2.45, 2.75) is 18.8 Å². The number of nitrogens with two attached hydrogens (primary N) is 1. The number of anilines is 1. The Hall–Kier alpha value is -1.38. The zero-order valence-electron chi connectivity index (χ0n) is 6.66. The second-order valence-corrected chi connectivity index (χ2v) is 3.14. The topological polar surface area (TPSA) is 56.0 Å². The maximum Gasteiger partial charge on any atom is 0.153 e. The van der Waals surface area contributed by atoms with Gasteiger partial charge in [-0.15, -0.1) is 0 Å². The molecule has 0 saturated heterocycles. The molecule has 1 aliphatic rings. The quantitative estimate of drug-likeness (QED) is 0.668. The molecule has 62 valence electrons. The van der Waals surface area contributed by atoms with E-state index in [9.17, 15) is 4.79 Å². The van der Waals surface area contributed by atoms with Gasteiger partial charge in [-0.1, -0.05) is 0 Å². The van der Waals surface area contributed by atoms with Crippen molar-refractivity contribution in [1.82, 2.24) is 4.98 Å². The molecule has 0 amide bonds. The van der Waals surface area contributed by atoms with E-state index < -0.39 is 0 Å². The predicted molar refractivity (Wildman–Crippen MR) is 46.0 cm³/mol. The standard InChI is InChI=1S/C9H10N2O/c10-9-8(5-12)3-7(4-11-9)6-1-2-6/h3-6H,1-2H2,(H2,10,11). The first-order valence-corrected chi connectivity index (χ1v) is 4.02. The molecule has 12 heavy (non-hydrogen) atoms. The summed E-state index contributed by atoms with van der Waals surface area (Å²) in [7, 11) is 0. The first kappa shape index (κ1) is 7.28. The van der Waals surface area contributed by atoms with Crippen LogP contribution in [0.2, 0.25) is 0 Å². The molecule has 0 unspecified atom stereocenters. The van der Waals surface area contributed by atoms with Crippen LogP contribution in [0.3, 0.4) is 0 Å². The molecular weight excluding hydrogens is 152 g/mol. The minimum Gasteiger partial charge on any atom is -0.383 e. The highest BCUT2D eigenvalue weighted by atomic mass is 16.1. The lowest BCUT2D eigenvalue weighted by molar-refractivity contribution is 0.112. The number of nitrogens with zero attached hydrogens (tertiary/aromatic N) is 1. The zero-order valence-corrected chi connectivity index (χ0v) is 6.66. The van der Waals surface area contributed by atoms with Crippen LogP contribution in [0, 0.1) is 0 Å². The van der Waals surface area contributed by atoms with Gasteiger partial charge in [-0.05, 0) is 30.4 Å². The predicted octanol–water partition coefficient (Wildman–Crippen LogP) is 1.35. The van der Waals surface area contributed by atoms with Crippen molar-refractivity contribution in [3.05, 3.63) is 23.4 Å². The molecule has 0 aliphatic heterocycles. The minimum atomic E-state index is 0.328. The second-order valence-electron chi connectivity index (χ2n) is 3.14. The average Bonchev–Trinajstić information content (AvgIpc) is 2.88. The number of aromatic nitrogens is 1. The summed E-state index contributed by atoms with van der Waals surface area (Å²) in [6.07, 6.45) is 4.95. The van der Waals surface area contributed by atoms with Gasteiger partial charge in [0.05, 0.1) is 5.56 Å². The summed E-state index contributed by atoms with van der Waals surface area (Å²) in [5.41, 5.74) is 7.14. The maximum absolute atomic E-state index is 10.5. The Bertz CT molecular complexity index is 318. The van der Waals surface area contributed by atoms with E-state index in [0.717, 1.165) is 11.8 Å². The molecule has 2 rings (SSSR count). The monoisotopic (exact) mass is 162 g/mol. The van der Waals surface area contributed by atoms with Crippen molar-refractivity contribution in [3.63, 3.8) is 0 Å². The van der Waals surface area contributed by atoms with Gasteiger partial charge in [-0.2, -0.15) is 0 Å². The SMILES string of the molecule is Nc1ncc(C2CC2)cc1C=O. The molecule has 1 aromatic heterocycles. The van der Waals surface area contributed by atoms with Crippen LogP contribution in [0.25, 0.3) is 0 Å². The Morgan fingerprint density at radius 3 is 2.92 bits per heavy atom. The highest BCUT2D eigenvalue weighted by Crippen LogP contribution is 2.40. The van der Waals surface area contributed by atoms with E-state index in [1.807, 2.05) is 6.07 Å². The molecule has 3 heteroatoms. The van der Waals surface area contributed by atoms with Crippen molar-refractivity contribution >= 4 is 12.1 Å². The molecule has 0 bridgehead atoms. The number of rotatable bonds is 2. The molecule has 0 atom stereocenters. The second kappa shape index (κ2) is 2.59. The molecule has 0 radical (unpaired) electrons. The summed E-state index contributed by atoms with van der Waals surface area (Å²) >= 11 is 0. The fourth-order valence-electron chi connectivity index (χ4n) is 1.24. The van der Waals surface area contributed by atoms with Gasteiger partial charge in [-0.3, -0.25) is 4.79 Å². The van der Waals surface area contributed by atoms with Crippen LogP contribution in [0.4, 0.5) is 5.82 Å². The van der Waals surface area contributed by atoms with Crippen LogP contribution in [0.1, 0.15) is 34.7 Å². The maximum atomic E-state index is 10.5. The highest BCUT2D eigenvalue weighted by molar-refractivity contribution is 5.81. The van der Waals surface area contributed by atoms with Gasteiger partial charge in [0.2, 0.25) is 0 Å². The number of aldehydes is 1. The number of pyridine rings is 1. The Kier molecular flexibility index (Phi) is 1.57. The van der Waals surface area contributed by atoms with Gasteiger partial charge in [0.1, 0.15) is 5.82 Å². The Labute approximate surface area is 70.6 Å². The van der Waals surface area contributed by atoms with Gasteiger partial charge in [-0.25, -0.2) is 4.98 Å². The average molecular weight is 162 g/mol. The number of carbonyl (C=O) groups excluding carboxylic acids is 1. The van der Waals surface area contributed by atoms with E-state index in [4.69, 9.17) is 5.73 Å². The number of nitrogen functional groups attached to an aromatic ring is 1. The van der Waals surface area contributed by atoms with Gasteiger partial charge in [0.25, 0.3) is 0 Å². The Morgan fingerprint density at radius 2 is 2.33 bits per heavy atom. The molecule has 3 nitrogen and oxygen atoms in total. The lowest BCUT2D eigenvalue weighted by atomic mass is 10.1. The first-order chi connectivity index (χ1) is 5.81. The van der Waals surface area contributed by atoms with E-state index in [-0.39, 0.29) is 0 Å². The summed E-state index contributed by atoms with van der Waals surface area (Å²) in [5.74, 6) is 0.950. The van der Waals surface area contributed by atoms with Crippen LogP contribution in [-0.2, 0) is 0 Å². The largest absolute Gasteiger partial charge is 0.383 e. The van der Waals surface area contributed by atoms with Crippen LogP contribution in [0.5, 0.6) is 0 Å². The Balaban J connectivity index is 2.39. The van der Waals surface area contributed by atoms with Crippen molar-refractivity contribution < 1.29 is 4.79 Å². The van der Waals surface area contributed by atoms with Gasteiger partial charge < -0.3 is 5.73 Å². The summed E-state index contributed by atoms with van der Waals surface area (Å²) in [6, 6.07) is 1.84. The van der Waals surface area contributed by atoms with Crippen molar-refractivity contribution in [3.8, 4) is 0 Å². The van der Waals surface area contributed by atoms with E-state index in [0.29, 0.717) is 17.3 Å². The van der Waals surface area contributed by atoms with Crippen LogP contribution in [-0.4, -0.2) is 11.3 Å². The molecular formula is C9H10N2O. The van der Waals surface area contributed by atoms with Crippen molar-refractivity contribution in [2.75, 3.05) is 5.73 Å². The van der Waals surface area contributed by atoms with Crippen LogP contribution < -0.4 is 5.73 Å². The van der Waals surface area contributed by atoms with Crippen molar-refractivity contribution in [1.29, 1.82) is 0 Å². The van der Waals surface area contributed by atoms with E-state index in [2.05, 4.69) is 4.98 Å². The molecule has 2 N–H and O–H groups in total. The molecule has 0 aromatic carbocycles. The third kappa shape index (κ3) is 1.18. The van der Waals surface area contributed by atoms with Gasteiger partial charge in [0.15, 0.2) is 6.29 Å². The highest BCUT2D eigenvalue weighted by Gasteiger charge is 2.24. The zero-order chi connectivity index (χ0) is 8.55. The molecule has 1 heterocycles. The smallest absolute Gasteiger partial charge is 0.153 e. The molecule has 0 spiro atoms. The number of hydrogen-bond acceptors (Lipinski definition) is 3. The fraction of sp³-hybridized carbons (Fsp3) is 0.333. The van der Waals surface area contributed by atoms with Crippen molar-refractivity contribution in [2.24, 2.45) is 0 Å².